The van der Waals surface area contributed by atoms with Gasteiger partial charge >= 0.3 is 0 Å². The van der Waals surface area contributed by atoms with Crippen LogP contribution in [0.4, 0.5) is 5.69 Å². The van der Waals surface area contributed by atoms with E-state index in [-0.39, 0.29) is 24.4 Å². The fourth-order valence-electron chi connectivity index (χ4n) is 1.15. The lowest BCUT2D eigenvalue weighted by Crippen LogP contribution is -2.20. The molecule has 1 aromatic rings. The van der Waals surface area contributed by atoms with Crippen LogP contribution in [-0.4, -0.2) is 12.5 Å². The second kappa shape index (κ2) is 6.40. The van der Waals surface area contributed by atoms with Crippen LogP contribution in [0.2, 0.25) is 0 Å². The van der Waals surface area contributed by atoms with Crippen molar-refractivity contribution in [1.29, 1.82) is 0 Å². The van der Waals surface area contributed by atoms with Crippen LogP contribution < -0.4 is 16.8 Å². The van der Waals surface area contributed by atoms with Crippen LogP contribution in [0.15, 0.2) is 24.3 Å². The van der Waals surface area contributed by atoms with E-state index in [2.05, 4.69) is 5.32 Å². The Balaban J connectivity index is 0.00000196. The van der Waals surface area contributed by atoms with Crippen molar-refractivity contribution < 1.29 is 4.79 Å². The van der Waals surface area contributed by atoms with Crippen molar-refractivity contribution in [3.8, 4) is 0 Å². The summed E-state index contributed by atoms with van der Waals surface area (Å²) in [5, 5.41) is 2.68. The van der Waals surface area contributed by atoms with E-state index in [0.29, 0.717) is 6.54 Å². The lowest BCUT2D eigenvalue weighted by molar-refractivity contribution is -0.114. The molecule has 0 heterocycles. The number of rotatable bonds is 3. The molecule has 0 radical (unpaired) electrons. The molecule has 0 fully saturated rings. The zero-order chi connectivity index (χ0) is 10.6. The molecule has 0 aliphatic heterocycles. The average molecular weight is 230 g/mol. The van der Waals surface area contributed by atoms with Crippen LogP contribution in [0.3, 0.4) is 0 Å². The van der Waals surface area contributed by atoms with Crippen LogP contribution in [0, 0.1) is 0 Å². The minimum Gasteiger partial charge on any atom is -0.329 e. The molecule has 0 saturated carbocycles. The first-order chi connectivity index (χ1) is 6.63. The number of carbonyl (C=O) groups excluding carboxylic acids is 1. The van der Waals surface area contributed by atoms with Gasteiger partial charge in [-0.05, 0) is 17.7 Å². The third-order valence-corrected chi connectivity index (χ3v) is 1.91. The number of benzene rings is 1. The Morgan fingerprint density at radius 2 is 1.93 bits per heavy atom. The Labute approximate surface area is 95.4 Å². The second-order valence-electron chi connectivity index (χ2n) is 3.15. The van der Waals surface area contributed by atoms with Gasteiger partial charge in [0.1, 0.15) is 0 Å². The predicted octanol–water partition coefficient (Wildman–Crippen LogP) is 1.03. The number of anilines is 1. The minimum absolute atomic E-state index is 0. The van der Waals surface area contributed by atoms with Crippen molar-refractivity contribution in [1.82, 2.24) is 0 Å². The summed E-state index contributed by atoms with van der Waals surface area (Å²) in [6, 6.07) is 7.21. The maximum Gasteiger partial charge on any atom is 0.221 e. The van der Waals surface area contributed by atoms with Gasteiger partial charge in [-0.1, -0.05) is 12.1 Å². The highest BCUT2D eigenvalue weighted by atomic mass is 35.5. The van der Waals surface area contributed by atoms with Gasteiger partial charge in [-0.15, -0.1) is 12.4 Å². The lowest BCUT2D eigenvalue weighted by atomic mass is 10.1. The number of halogens is 1. The third-order valence-electron chi connectivity index (χ3n) is 1.91. The number of hydrogen-bond acceptors (Lipinski definition) is 3. The van der Waals surface area contributed by atoms with Crippen LogP contribution >= 0.6 is 12.4 Å². The summed E-state index contributed by atoms with van der Waals surface area (Å²) in [6.07, 6.45) is 0. The fraction of sp³-hybridized carbons (Fsp3) is 0.300. The van der Waals surface area contributed by atoms with Crippen LogP contribution in [0.5, 0.6) is 0 Å². The molecule has 4 nitrogen and oxygen atoms in total. The third kappa shape index (κ3) is 4.29. The molecule has 0 saturated heterocycles. The summed E-state index contributed by atoms with van der Waals surface area (Å²) in [4.78, 5) is 10.7. The Kier molecular flexibility index (Phi) is 5.93. The molecular weight excluding hydrogens is 214 g/mol. The zero-order valence-electron chi connectivity index (χ0n) is 8.57. The van der Waals surface area contributed by atoms with E-state index >= 15 is 0 Å². The maximum atomic E-state index is 10.7. The molecule has 84 valence electrons. The number of hydrogen-bond donors (Lipinski definition) is 3. The highest BCUT2D eigenvalue weighted by Crippen LogP contribution is 2.13. The van der Waals surface area contributed by atoms with Gasteiger partial charge in [-0.2, -0.15) is 0 Å². The molecule has 5 N–H and O–H groups in total. The van der Waals surface area contributed by atoms with Crippen molar-refractivity contribution in [3.05, 3.63) is 29.8 Å². The van der Waals surface area contributed by atoms with Gasteiger partial charge in [0, 0.05) is 25.2 Å². The molecule has 0 aromatic heterocycles. The topological polar surface area (TPSA) is 81.1 Å². The Morgan fingerprint density at radius 1 is 1.40 bits per heavy atom. The highest BCUT2D eigenvalue weighted by Gasteiger charge is 2.02. The molecule has 0 bridgehead atoms. The summed E-state index contributed by atoms with van der Waals surface area (Å²) in [5.41, 5.74) is 12.9. The average Bonchev–Trinajstić information content (AvgIpc) is 2.17. The molecule has 1 atom stereocenters. The number of nitrogens with one attached hydrogen (secondary N) is 1. The second-order valence-corrected chi connectivity index (χ2v) is 3.15. The first-order valence-corrected chi connectivity index (χ1v) is 4.46. The first kappa shape index (κ1) is 13.9. The SMILES string of the molecule is CC(=O)Nc1ccc([C@@H](N)CN)cc1.Cl. The van der Waals surface area contributed by atoms with E-state index in [1.165, 1.54) is 6.92 Å². The molecule has 0 spiro atoms. The minimum atomic E-state index is -0.138. The van der Waals surface area contributed by atoms with Crippen molar-refractivity contribution in [2.45, 2.75) is 13.0 Å². The van der Waals surface area contributed by atoms with Crippen molar-refractivity contribution in [2.24, 2.45) is 11.5 Å². The summed E-state index contributed by atoms with van der Waals surface area (Å²) in [5.74, 6) is -0.0825. The molecule has 0 aliphatic carbocycles. The van der Waals surface area contributed by atoms with Gasteiger partial charge in [-0.25, -0.2) is 0 Å². The van der Waals surface area contributed by atoms with Crippen LogP contribution in [-0.2, 0) is 4.79 Å². The zero-order valence-corrected chi connectivity index (χ0v) is 9.38. The van der Waals surface area contributed by atoms with E-state index < -0.39 is 0 Å². The molecule has 1 amide bonds. The molecule has 1 rings (SSSR count). The van der Waals surface area contributed by atoms with E-state index in [4.69, 9.17) is 11.5 Å². The quantitative estimate of drug-likeness (QED) is 0.724. The Hall–Kier alpha value is -1.10. The van der Waals surface area contributed by atoms with Gasteiger partial charge < -0.3 is 16.8 Å². The molecule has 0 unspecified atom stereocenters. The number of amides is 1. The molecule has 5 heteroatoms. The van der Waals surface area contributed by atoms with Gasteiger partial charge in [0.05, 0.1) is 0 Å². The van der Waals surface area contributed by atoms with Gasteiger partial charge in [0.25, 0.3) is 0 Å². The van der Waals surface area contributed by atoms with Crippen molar-refractivity contribution >= 4 is 24.0 Å². The van der Waals surface area contributed by atoms with Crippen molar-refractivity contribution in [2.75, 3.05) is 11.9 Å². The van der Waals surface area contributed by atoms with Crippen LogP contribution in [0.25, 0.3) is 0 Å². The lowest BCUT2D eigenvalue weighted by Gasteiger charge is -2.09. The number of nitrogens with two attached hydrogens (primary N) is 2. The van der Waals surface area contributed by atoms with E-state index in [0.717, 1.165) is 11.3 Å². The molecular formula is C10H16ClN3O. The summed E-state index contributed by atoms with van der Waals surface area (Å²) in [7, 11) is 0. The van der Waals surface area contributed by atoms with Gasteiger partial charge in [0.2, 0.25) is 5.91 Å². The largest absolute Gasteiger partial charge is 0.329 e. The smallest absolute Gasteiger partial charge is 0.221 e. The van der Waals surface area contributed by atoms with E-state index in [1.54, 1.807) is 0 Å². The van der Waals surface area contributed by atoms with E-state index in [9.17, 15) is 4.79 Å². The monoisotopic (exact) mass is 229 g/mol. The molecule has 15 heavy (non-hydrogen) atoms. The Bertz CT molecular complexity index is 313. The summed E-state index contributed by atoms with van der Waals surface area (Å²) in [6.45, 7) is 1.89. The fourth-order valence-corrected chi connectivity index (χ4v) is 1.15. The standard InChI is InChI=1S/C10H15N3O.ClH/c1-7(14)13-9-4-2-8(3-5-9)10(12)6-11;/h2-5,10H,6,11-12H2,1H3,(H,13,14);1H/t10-;/m0./s1. The first-order valence-electron chi connectivity index (χ1n) is 4.46. The maximum absolute atomic E-state index is 10.7. The van der Waals surface area contributed by atoms with Crippen LogP contribution in [0.1, 0.15) is 18.5 Å². The molecule has 0 aliphatic rings. The summed E-state index contributed by atoms with van der Waals surface area (Å²) < 4.78 is 0. The van der Waals surface area contributed by atoms with E-state index in [1.807, 2.05) is 24.3 Å². The molecule has 1 aromatic carbocycles. The normalized spacial score (nSPS) is 11.4. The van der Waals surface area contributed by atoms with Gasteiger partial charge in [0.15, 0.2) is 0 Å². The van der Waals surface area contributed by atoms with Crippen molar-refractivity contribution in [3.63, 3.8) is 0 Å². The summed E-state index contributed by atoms with van der Waals surface area (Å²) >= 11 is 0. The highest BCUT2D eigenvalue weighted by molar-refractivity contribution is 5.88. The van der Waals surface area contributed by atoms with Gasteiger partial charge in [-0.3, -0.25) is 4.79 Å². The Morgan fingerprint density at radius 3 is 2.33 bits per heavy atom. The number of carbonyl (C=O) groups is 1. The predicted molar refractivity (Wildman–Crippen MR) is 64.0 cm³/mol.